The second kappa shape index (κ2) is 8.55. The molecule has 1 aliphatic heterocycles. The Bertz CT molecular complexity index is 948. The van der Waals surface area contributed by atoms with E-state index in [1.54, 1.807) is 14.0 Å². The Morgan fingerprint density at radius 3 is 2.60 bits per heavy atom. The minimum atomic E-state index is -0.924. The molecule has 2 unspecified atom stereocenters. The molecule has 8 heteroatoms. The normalized spacial score (nSPS) is 22.0. The van der Waals surface area contributed by atoms with Crippen molar-refractivity contribution in [1.29, 1.82) is 0 Å². The van der Waals surface area contributed by atoms with E-state index in [9.17, 15) is 14.4 Å². The minimum Gasteiger partial charge on any atom is -0.497 e. The van der Waals surface area contributed by atoms with Crippen LogP contribution in [0.3, 0.4) is 0 Å². The van der Waals surface area contributed by atoms with Gasteiger partial charge in [0.25, 0.3) is 0 Å². The van der Waals surface area contributed by atoms with E-state index in [0.29, 0.717) is 5.69 Å². The smallest absolute Gasteiger partial charge is 0.329 e. The lowest BCUT2D eigenvalue weighted by atomic mass is 9.81. The van der Waals surface area contributed by atoms with Gasteiger partial charge in [0.1, 0.15) is 23.4 Å². The van der Waals surface area contributed by atoms with Gasteiger partial charge in [0.05, 0.1) is 24.6 Å². The molecule has 2 heterocycles. The average molecular weight is 429 g/mol. The molecule has 4 rings (SSSR count). The maximum absolute atomic E-state index is 12.7. The standard InChI is InChI=1S/C22H24N2O5S/c1-13(24-20(25)17-8-3-4-9-18(17)21(24)26)22(27)29-11-15-12-30-19(23-15)14-6-5-7-16(10-14)28-2/h5-7,10,12-13,17-18H,3-4,8-9,11H2,1-2H3/t13-,17?,18?/m0/s1. The number of benzene rings is 1. The predicted octanol–water partition coefficient (Wildman–Crippen LogP) is 3.43. The Kier molecular flexibility index (Phi) is 5.85. The summed E-state index contributed by atoms with van der Waals surface area (Å²) in [5, 5.41) is 2.62. The first-order valence-corrected chi connectivity index (χ1v) is 11.0. The SMILES string of the molecule is COc1cccc(-c2nc(COC(=O)[C@H](C)N3C(=O)C4CCCCC4C3=O)cs2)c1. The molecule has 2 fully saturated rings. The Morgan fingerprint density at radius 1 is 1.23 bits per heavy atom. The van der Waals surface area contributed by atoms with Crippen molar-refractivity contribution < 1.29 is 23.9 Å². The van der Waals surface area contributed by atoms with Crippen molar-refractivity contribution in [3.05, 3.63) is 35.3 Å². The van der Waals surface area contributed by atoms with E-state index in [0.717, 1.165) is 46.9 Å². The maximum Gasteiger partial charge on any atom is 0.329 e. The molecule has 1 aliphatic carbocycles. The highest BCUT2D eigenvalue weighted by atomic mass is 32.1. The van der Waals surface area contributed by atoms with Crippen molar-refractivity contribution in [1.82, 2.24) is 9.88 Å². The van der Waals surface area contributed by atoms with Gasteiger partial charge in [0, 0.05) is 10.9 Å². The molecule has 158 valence electrons. The lowest BCUT2D eigenvalue weighted by molar-refractivity contribution is -0.159. The number of amides is 2. The summed E-state index contributed by atoms with van der Waals surface area (Å²) >= 11 is 1.44. The molecule has 2 aliphatic rings. The fraction of sp³-hybridized carbons (Fsp3) is 0.455. The van der Waals surface area contributed by atoms with Gasteiger partial charge in [-0.3, -0.25) is 14.5 Å². The van der Waals surface area contributed by atoms with Gasteiger partial charge in [-0.15, -0.1) is 11.3 Å². The minimum absolute atomic E-state index is 0.00722. The third-order valence-corrected chi connectivity index (χ3v) is 6.77. The molecule has 3 atom stereocenters. The number of nitrogens with zero attached hydrogens (tertiary/aromatic N) is 2. The van der Waals surface area contributed by atoms with E-state index >= 15 is 0 Å². The lowest BCUT2D eigenvalue weighted by Crippen LogP contribution is -2.44. The molecule has 1 saturated carbocycles. The zero-order valence-corrected chi connectivity index (χ0v) is 17.8. The van der Waals surface area contributed by atoms with Gasteiger partial charge in [-0.25, -0.2) is 9.78 Å². The number of carbonyl (C=O) groups is 3. The molecule has 30 heavy (non-hydrogen) atoms. The number of likely N-dealkylation sites (tertiary alicyclic amines) is 1. The monoisotopic (exact) mass is 428 g/mol. The summed E-state index contributed by atoms with van der Waals surface area (Å²) in [4.78, 5) is 43.5. The van der Waals surface area contributed by atoms with Crippen molar-refractivity contribution in [3.63, 3.8) is 0 Å². The molecular formula is C22H24N2O5S. The van der Waals surface area contributed by atoms with Gasteiger partial charge in [-0.05, 0) is 31.9 Å². The second-order valence-electron chi connectivity index (χ2n) is 7.70. The summed E-state index contributed by atoms with van der Waals surface area (Å²) in [6.45, 7) is 1.55. The van der Waals surface area contributed by atoms with Crippen molar-refractivity contribution in [2.75, 3.05) is 7.11 Å². The van der Waals surface area contributed by atoms with E-state index in [4.69, 9.17) is 9.47 Å². The van der Waals surface area contributed by atoms with Crippen LogP contribution in [0.25, 0.3) is 10.6 Å². The topological polar surface area (TPSA) is 85.8 Å². The fourth-order valence-corrected chi connectivity index (χ4v) is 5.00. The summed E-state index contributed by atoms with van der Waals surface area (Å²) in [5.41, 5.74) is 1.53. The number of aromatic nitrogens is 1. The summed E-state index contributed by atoms with van der Waals surface area (Å²) in [5.74, 6) is -0.863. The molecule has 0 radical (unpaired) electrons. The van der Waals surface area contributed by atoms with Crippen molar-refractivity contribution >= 4 is 29.1 Å². The Hall–Kier alpha value is -2.74. The lowest BCUT2D eigenvalue weighted by Gasteiger charge is -2.21. The largest absolute Gasteiger partial charge is 0.497 e. The third kappa shape index (κ3) is 3.84. The van der Waals surface area contributed by atoms with Gasteiger partial charge in [-0.2, -0.15) is 0 Å². The van der Waals surface area contributed by atoms with Crippen LogP contribution in [0.15, 0.2) is 29.6 Å². The van der Waals surface area contributed by atoms with Gasteiger partial charge in [0.15, 0.2) is 0 Å². The van der Waals surface area contributed by atoms with Crippen LogP contribution < -0.4 is 4.74 Å². The molecular weight excluding hydrogens is 404 g/mol. The number of hydrogen-bond acceptors (Lipinski definition) is 7. The molecule has 1 aromatic heterocycles. The van der Waals surface area contributed by atoms with Crippen LogP contribution in [-0.2, 0) is 25.7 Å². The molecule has 0 N–H and O–H groups in total. The van der Waals surface area contributed by atoms with Crippen LogP contribution in [0.4, 0.5) is 0 Å². The average Bonchev–Trinajstić information content (AvgIpc) is 3.35. The molecule has 1 aromatic carbocycles. The van der Waals surface area contributed by atoms with Crippen LogP contribution in [0.5, 0.6) is 5.75 Å². The van der Waals surface area contributed by atoms with E-state index < -0.39 is 12.0 Å². The molecule has 1 saturated heterocycles. The van der Waals surface area contributed by atoms with Crippen LogP contribution in [0.2, 0.25) is 0 Å². The molecule has 2 aromatic rings. The van der Waals surface area contributed by atoms with Crippen molar-refractivity contribution in [3.8, 4) is 16.3 Å². The number of carbonyl (C=O) groups excluding carboxylic acids is 3. The zero-order chi connectivity index (χ0) is 21.3. The van der Waals surface area contributed by atoms with Gasteiger partial charge < -0.3 is 9.47 Å². The number of fused-ring (bicyclic) bond motifs is 1. The fourth-order valence-electron chi connectivity index (χ4n) is 4.20. The summed E-state index contributed by atoms with van der Waals surface area (Å²) in [7, 11) is 1.61. The van der Waals surface area contributed by atoms with Crippen LogP contribution in [-0.4, -0.2) is 40.8 Å². The first-order chi connectivity index (χ1) is 14.5. The summed E-state index contributed by atoms with van der Waals surface area (Å²) in [6, 6.07) is 6.65. The van der Waals surface area contributed by atoms with E-state index in [2.05, 4.69) is 4.98 Å². The van der Waals surface area contributed by atoms with Crippen LogP contribution >= 0.6 is 11.3 Å². The number of ether oxygens (including phenoxy) is 2. The second-order valence-corrected chi connectivity index (χ2v) is 8.56. The number of hydrogen-bond donors (Lipinski definition) is 0. The highest BCUT2D eigenvalue weighted by Gasteiger charge is 2.51. The number of rotatable bonds is 6. The van der Waals surface area contributed by atoms with E-state index in [1.165, 1.54) is 11.3 Å². The Labute approximate surface area is 179 Å². The quantitative estimate of drug-likeness (QED) is 0.518. The first kappa shape index (κ1) is 20.5. The summed E-state index contributed by atoms with van der Waals surface area (Å²) < 4.78 is 10.6. The number of esters is 1. The third-order valence-electron chi connectivity index (χ3n) is 5.83. The number of thiazole rings is 1. The van der Waals surface area contributed by atoms with Crippen LogP contribution in [0, 0.1) is 11.8 Å². The van der Waals surface area contributed by atoms with E-state index in [1.807, 2.05) is 29.6 Å². The van der Waals surface area contributed by atoms with E-state index in [-0.39, 0.29) is 30.3 Å². The Balaban J connectivity index is 1.38. The number of methoxy groups -OCH3 is 1. The Morgan fingerprint density at radius 2 is 1.93 bits per heavy atom. The highest BCUT2D eigenvalue weighted by Crippen LogP contribution is 2.39. The molecule has 2 amide bonds. The molecule has 0 bridgehead atoms. The predicted molar refractivity (Wildman–Crippen MR) is 111 cm³/mol. The number of imide groups is 1. The molecule has 0 spiro atoms. The maximum atomic E-state index is 12.7. The van der Waals surface area contributed by atoms with Crippen LogP contribution in [0.1, 0.15) is 38.3 Å². The zero-order valence-electron chi connectivity index (χ0n) is 17.0. The van der Waals surface area contributed by atoms with Crippen molar-refractivity contribution in [2.24, 2.45) is 11.8 Å². The summed E-state index contributed by atoms with van der Waals surface area (Å²) in [6.07, 6.45) is 3.34. The van der Waals surface area contributed by atoms with Gasteiger partial charge in [-0.1, -0.05) is 25.0 Å². The van der Waals surface area contributed by atoms with Gasteiger partial charge in [0.2, 0.25) is 11.8 Å². The highest BCUT2D eigenvalue weighted by molar-refractivity contribution is 7.13. The molecule has 7 nitrogen and oxygen atoms in total. The van der Waals surface area contributed by atoms with Gasteiger partial charge >= 0.3 is 5.97 Å². The van der Waals surface area contributed by atoms with Crippen molar-refractivity contribution in [2.45, 2.75) is 45.3 Å². The first-order valence-electron chi connectivity index (χ1n) is 10.1.